The number of urea groups is 1. The van der Waals surface area contributed by atoms with Crippen molar-refractivity contribution in [2.45, 2.75) is 12.5 Å². The lowest BCUT2D eigenvalue weighted by atomic mass is 10.2. The summed E-state index contributed by atoms with van der Waals surface area (Å²) in [6.45, 7) is 0.342. The molecule has 2 heterocycles. The number of hydrogen-bond acceptors (Lipinski definition) is 5. The summed E-state index contributed by atoms with van der Waals surface area (Å²) in [6.07, 6.45) is 2.09. The third-order valence-electron chi connectivity index (χ3n) is 2.79. The molecule has 1 atom stereocenters. The second-order valence-electron chi connectivity index (χ2n) is 4.29. The number of carboxylic acids is 1. The molecule has 8 nitrogen and oxygen atoms in total. The maximum Gasteiger partial charge on any atom is 0.331 e. The Morgan fingerprint density at radius 2 is 2.33 bits per heavy atom. The Morgan fingerprint density at radius 3 is 2.90 bits per heavy atom. The summed E-state index contributed by atoms with van der Waals surface area (Å²) in [5, 5.41) is 23.6. The van der Waals surface area contributed by atoms with Crippen molar-refractivity contribution in [1.29, 1.82) is 0 Å². The monoisotopic (exact) mass is 309 g/mol. The summed E-state index contributed by atoms with van der Waals surface area (Å²) < 4.78 is 1.76. The van der Waals surface area contributed by atoms with Crippen LogP contribution in [0.4, 0.5) is 4.79 Å². The SMILES string of the molecule is Cn1cnnc1CCNC(=O)NC(C(=O)O)c1cccs1. The van der Waals surface area contributed by atoms with Crippen LogP contribution in [0.5, 0.6) is 0 Å². The number of carbonyl (C=O) groups excluding carboxylic acids is 1. The number of carboxylic acid groups (broad SMARTS) is 1. The number of hydrogen-bond donors (Lipinski definition) is 3. The minimum atomic E-state index is -1.10. The smallest absolute Gasteiger partial charge is 0.331 e. The van der Waals surface area contributed by atoms with Gasteiger partial charge in [-0.15, -0.1) is 21.5 Å². The summed E-state index contributed by atoms with van der Waals surface area (Å²) >= 11 is 1.28. The molecule has 112 valence electrons. The van der Waals surface area contributed by atoms with Crippen LogP contribution in [-0.4, -0.2) is 38.4 Å². The Bertz CT molecular complexity index is 610. The molecular weight excluding hydrogens is 294 g/mol. The zero-order valence-corrected chi connectivity index (χ0v) is 12.1. The highest BCUT2D eigenvalue weighted by molar-refractivity contribution is 7.10. The van der Waals surface area contributed by atoms with Crippen molar-refractivity contribution in [2.75, 3.05) is 6.54 Å². The molecule has 2 amide bonds. The highest BCUT2D eigenvalue weighted by Crippen LogP contribution is 2.18. The van der Waals surface area contributed by atoms with E-state index in [1.165, 1.54) is 11.3 Å². The Kier molecular flexibility index (Phi) is 4.88. The van der Waals surface area contributed by atoms with E-state index in [9.17, 15) is 9.59 Å². The lowest BCUT2D eigenvalue weighted by molar-refractivity contribution is -0.139. The summed E-state index contributed by atoms with van der Waals surface area (Å²) in [6, 6.07) is 1.84. The van der Waals surface area contributed by atoms with Gasteiger partial charge >= 0.3 is 12.0 Å². The average molecular weight is 309 g/mol. The van der Waals surface area contributed by atoms with Gasteiger partial charge in [-0.2, -0.15) is 0 Å². The number of rotatable bonds is 6. The van der Waals surface area contributed by atoms with Gasteiger partial charge in [0.15, 0.2) is 6.04 Å². The molecule has 9 heteroatoms. The highest BCUT2D eigenvalue weighted by atomic mass is 32.1. The van der Waals surface area contributed by atoms with E-state index in [2.05, 4.69) is 20.8 Å². The summed E-state index contributed by atoms with van der Waals surface area (Å²) in [5.41, 5.74) is 0. The predicted octanol–water partition coefficient (Wildman–Crippen LogP) is 0.544. The number of aliphatic carboxylic acids is 1. The van der Waals surface area contributed by atoms with Crippen LogP contribution in [0.25, 0.3) is 0 Å². The van der Waals surface area contributed by atoms with E-state index >= 15 is 0 Å². The predicted molar refractivity (Wildman–Crippen MR) is 75.9 cm³/mol. The standard InChI is InChI=1S/C12H15N5O3S/c1-17-7-14-16-9(17)4-5-13-12(20)15-10(11(18)19)8-3-2-6-21-8/h2-3,6-7,10H,4-5H2,1H3,(H,18,19)(H2,13,15,20). The summed E-state index contributed by atoms with van der Waals surface area (Å²) in [7, 11) is 1.81. The van der Waals surface area contributed by atoms with Gasteiger partial charge in [-0.05, 0) is 11.4 Å². The second kappa shape index (κ2) is 6.84. The third kappa shape index (κ3) is 4.02. The Morgan fingerprint density at radius 1 is 1.52 bits per heavy atom. The van der Waals surface area contributed by atoms with Crippen LogP contribution in [-0.2, 0) is 18.3 Å². The first-order valence-electron chi connectivity index (χ1n) is 6.21. The molecule has 0 saturated heterocycles. The van der Waals surface area contributed by atoms with Crippen molar-refractivity contribution in [3.8, 4) is 0 Å². The van der Waals surface area contributed by atoms with Gasteiger partial charge in [0.2, 0.25) is 0 Å². The van der Waals surface area contributed by atoms with Gasteiger partial charge < -0.3 is 20.3 Å². The van der Waals surface area contributed by atoms with Crippen LogP contribution in [0.15, 0.2) is 23.8 Å². The van der Waals surface area contributed by atoms with E-state index in [4.69, 9.17) is 5.11 Å². The first kappa shape index (κ1) is 15.0. The van der Waals surface area contributed by atoms with E-state index < -0.39 is 18.0 Å². The number of amides is 2. The molecule has 2 aromatic rings. The van der Waals surface area contributed by atoms with Crippen LogP contribution in [0.2, 0.25) is 0 Å². The van der Waals surface area contributed by atoms with Crippen molar-refractivity contribution in [3.05, 3.63) is 34.5 Å². The van der Waals surface area contributed by atoms with Crippen molar-refractivity contribution >= 4 is 23.3 Å². The molecule has 0 aliphatic rings. The van der Waals surface area contributed by atoms with Gasteiger partial charge in [0.1, 0.15) is 12.2 Å². The van der Waals surface area contributed by atoms with E-state index in [0.717, 1.165) is 5.82 Å². The molecule has 1 unspecified atom stereocenters. The van der Waals surface area contributed by atoms with Crippen LogP contribution >= 0.6 is 11.3 Å². The summed E-state index contributed by atoms with van der Waals surface area (Å²) in [5.74, 6) is -0.357. The number of carbonyl (C=O) groups is 2. The number of aryl methyl sites for hydroxylation is 1. The topological polar surface area (TPSA) is 109 Å². The number of nitrogens with one attached hydrogen (secondary N) is 2. The van der Waals surface area contributed by atoms with Crippen LogP contribution < -0.4 is 10.6 Å². The molecule has 21 heavy (non-hydrogen) atoms. The molecule has 3 N–H and O–H groups in total. The fraction of sp³-hybridized carbons (Fsp3) is 0.333. The number of nitrogens with zero attached hydrogens (tertiary/aromatic N) is 3. The van der Waals surface area contributed by atoms with Crippen molar-refractivity contribution in [2.24, 2.45) is 7.05 Å². The maximum absolute atomic E-state index is 11.7. The molecule has 0 fully saturated rings. The molecule has 2 aromatic heterocycles. The molecular formula is C12H15N5O3S. The lowest BCUT2D eigenvalue weighted by Crippen LogP contribution is -2.41. The van der Waals surface area contributed by atoms with Crippen LogP contribution in [0, 0.1) is 0 Å². The van der Waals surface area contributed by atoms with E-state index in [1.54, 1.807) is 28.4 Å². The third-order valence-corrected chi connectivity index (χ3v) is 3.73. The Balaban J connectivity index is 1.83. The molecule has 2 rings (SSSR count). The van der Waals surface area contributed by atoms with Crippen LogP contribution in [0.1, 0.15) is 16.7 Å². The minimum absolute atomic E-state index is 0.342. The maximum atomic E-state index is 11.7. The van der Waals surface area contributed by atoms with E-state index in [1.807, 2.05) is 7.05 Å². The van der Waals surface area contributed by atoms with Gasteiger partial charge in [-0.1, -0.05) is 6.07 Å². The van der Waals surface area contributed by atoms with E-state index in [-0.39, 0.29) is 0 Å². The number of aromatic nitrogens is 3. The first-order valence-corrected chi connectivity index (χ1v) is 7.09. The van der Waals surface area contributed by atoms with Crippen molar-refractivity contribution in [3.63, 3.8) is 0 Å². The molecule has 0 aromatic carbocycles. The molecule has 0 saturated carbocycles. The van der Waals surface area contributed by atoms with Gasteiger partial charge in [0.05, 0.1) is 0 Å². The number of thiophene rings is 1. The largest absolute Gasteiger partial charge is 0.479 e. The zero-order chi connectivity index (χ0) is 15.2. The molecule has 0 bridgehead atoms. The fourth-order valence-electron chi connectivity index (χ4n) is 1.71. The quantitative estimate of drug-likeness (QED) is 0.722. The minimum Gasteiger partial charge on any atom is -0.479 e. The first-order chi connectivity index (χ1) is 10.1. The van der Waals surface area contributed by atoms with Crippen LogP contribution in [0.3, 0.4) is 0 Å². The van der Waals surface area contributed by atoms with Gasteiger partial charge in [-0.3, -0.25) is 0 Å². The molecule has 0 radical (unpaired) electrons. The van der Waals surface area contributed by atoms with Crippen molar-refractivity contribution in [1.82, 2.24) is 25.4 Å². The van der Waals surface area contributed by atoms with Gasteiger partial charge in [0.25, 0.3) is 0 Å². The fourth-order valence-corrected chi connectivity index (χ4v) is 2.48. The molecule has 0 spiro atoms. The van der Waals surface area contributed by atoms with E-state index in [0.29, 0.717) is 17.8 Å². The summed E-state index contributed by atoms with van der Waals surface area (Å²) in [4.78, 5) is 23.5. The van der Waals surface area contributed by atoms with Gasteiger partial charge in [0, 0.05) is 24.9 Å². The van der Waals surface area contributed by atoms with Gasteiger partial charge in [-0.25, -0.2) is 9.59 Å². The molecule has 0 aliphatic carbocycles. The second-order valence-corrected chi connectivity index (χ2v) is 5.27. The highest BCUT2D eigenvalue weighted by Gasteiger charge is 2.22. The zero-order valence-electron chi connectivity index (χ0n) is 11.3. The average Bonchev–Trinajstić information content (AvgIpc) is 3.08. The van der Waals surface area contributed by atoms with Crippen molar-refractivity contribution < 1.29 is 14.7 Å². The Labute approximate surface area is 124 Å². The lowest BCUT2D eigenvalue weighted by Gasteiger charge is -2.13. The molecule has 0 aliphatic heterocycles. The Hall–Kier alpha value is -2.42. The normalized spacial score (nSPS) is 11.9.